The number of benzene rings is 2. The van der Waals surface area contributed by atoms with E-state index in [0.29, 0.717) is 23.5 Å². The fourth-order valence-corrected chi connectivity index (χ4v) is 2.18. The Balaban J connectivity index is 1.78. The van der Waals surface area contributed by atoms with Crippen molar-refractivity contribution < 1.29 is 19.1 Å². The predicted molar refractivity (Wildman–Crippen MR) is 79.6 cm³/mol. The third kappa shape index (κ3) is 2.79. The molecule has 0 aromatic heterocycles. The van der Waals surface area contributed by atoms with Crippen molar-refractivity contribution in [1.82, 2.24) is 5.32 Å². The number of ether oxygens (including phenoxy) is 2. The SMILES string of the molecule is CCC(=O)Oc1ccc([C@H]2NC(=O)c3ccccc3O2)cc1. The molecule has 0 saturated carbocycles. The van der Waals surface area contributed by atoms with Crippen LogP contribution in [0.15, 0.2) is 48.5 Å². The fraction of sp³-hybridized carbons (Fsp3) is 0.176. The van der Waals surface area contributed by atoms with E-state index in [4.69, 9.17) is 9.47 Å². The summed E-state index contributed by atoms with van der Waals surface area (Å²) < 4.78 is 10.9. The second kappa shape index (κ2) is 5.89. The Morgan fingerprint density at radius 1 is 1.18 bits per heavy atom. The van der Waals surface area contributed by atoms with Crippen molar-refractivity contribution in [3.63, 3.8) is 0 Å². The van der Waals surface area contributed by atoms with Crippen LogP contribution < -0.4 is 14.8 Å². The van der Waals surface area contributed by atoms with Crippen molar-refractivity contribution >= 4 is 11.9 Å². The van der Waals surface area contributed by atoms with Gasteiger partial charge in [0.25, 0.3) is 5.91 Å². The maximum Gasteiger partial charge on any atom is 0.310 e. The molecular formula is C17H15NO4. The number of para-hydroxylation sites is 1. The lowest BCUT2D eigenvalue weighted by Crippen LogP contribution is -2.36. The first-order valence-electron chi connectivity index (χ1n) is 7.04. The molecular weight excluding hydrogens is 282 g/mol. The molecule has 0 saturated heterocycles. The Morgan fingerprint density at radius 2 is 1.91 bits per heavy atom. The second-order valence-corrected chi connectivity index (χ2v) is 4.86. The Bertz CT molecular complexity index is 709. The minimum atomic E-state index is -0.557. The molecule has 1 heterocycles. The molecule has 0 fully saturated rings. The zero-order chi connectivity index (χ0) is 15.5. The molecule has 0 bridgehead atoms. The van der Waals surface area contributed by atoms with Gasteiger partial charge in [0, 0.05) is 12.0 Å². The van der Waals surface area contributed by atoms with Crippen molar-refractivity contribution in [1.29, 1.82) is 0 Å². The Kier molecular flexibility index (Phi) is 3.78. The van der Waals surface area contributed by atoms with E-state index in [0.717, 1.165) is 5.56 Å². The number of carbonyl (C=O) groups excluding carboxylic acids is 2. The average Bonchev–Trinajstić information content (AvgIpc) is 2.55. The van der Waals surface area contributed by atoms with Gasteiger partial charge in [0.05, 0.1) is 5.56 Å². The summed E-state index contributed by atoms with van der Waals surface area (Å²) in [6, 6.07) is 14.0. The number of fused-ring (bicyclic) bond motifs is 1. The van der Waals surface area contributed by atoms with E-state index in [1.165, 1.54) is 0 Å². The molecule has 5 nitrogen and oxygen atoms in total. The van der Waals surface area contributed by atoms with E-state index in [-0.39, 0.29) is 11.9 Å². The van der Waals surface area contributed by atoms with Crippen molar-refractivity contribution in [3.8, 4) is 11.5 Å². The van der Waals surface area contributed by atoms with Crippen LogP contribution in [0, 0.1) is 0 Å². The molecule has 0 unspecified atom stereocenters. The molecule has 1 atom stereocenters. The number of esters is 1. The van der Waals surface area contributed by atoms with Gasteiger partial charge in [-0.15, -0.1) is 0 Å². The van der Waals surface area contributed by atoms with Crippen LogP contribution >= 0.6 is 0 Å². The molecule has 0 spiro atoms. The highest BCUT2D eigenvalue weighted by Gasteiger charge is 2.26. The lowest BCUT2D eigenvalue weighted by atomic mass is 10.1. The lowest BCUT2D eigenvalue weighted by molar-refractivity contribution is -0.134. The van der Waals surface area contributed by atoms with Crippen LogP contribution in [-0.4, -0.2) is 11.9 Å². The van der Waals surface area contributed by atoms with Gasteiger partial charge >= 0.3 is 5.97 Å². The van der Waals surface area contributed by atoms with Crippen LogP contribution in [0.3, 0.4) is 0 Å². The number of rotatable bonds is 3. The molecule has 1 amide bonds. The first-order valence-corrected chi connectivity index (χ1v) is 7.04. The van der Waals surface area contributed by atoms with Crippen LogP contribution in [0.4, 0.5) is 0 Å². The first-order chi connectivity index (χ1) is 10.7. The van der Waals surface area contributed by atoms with Gasteiger partial charge < -0.3 is 14.8 Å². The number of carbonyl (C=O) groups is 2. The third-order valence-electron chi connectivity index (χ3n) is 3.34. The van der Waals surface area contributed by atoms with Gasteiger partial charge in [-0.1, -0.05) is 19.1 Å². The van der Waals surface area contributed by atoms with Gasteiger partial charge in [-0.2, -0.15) is 0 Å². The van der Waals surface area contributed by atoms with E-state index < -0.39 is 6.23 Å². The summed E-state index contributed by atoms with van der Waals surface area (Å²) >= 11 is 0. The Labute approximate surface area is 127 Å². The molecule has 5 heteroatoms. The van der Waals surface area contributed by atoms with Gasteiger partial charge in [-0.3, -0.25) is 9.59 Å². The summed E-state index contributed by atoms with van der Waals surface area (Å²) in [5.74, 6) is 0.563. The Hall–Kier alpha value is -2.82. The summed E-state index contributed by atoms with van der Waals surface area (Å²) in [5.41, 5.74) is 1.30. The highest BCUT2D eigenvalue weighted by molar-refractivity contribution is 5.97. The average molecular weight is 297 g/mol. The highest BCUT2D eigenvalue weighted by Crippen LogP contribution is 2.29. The van der Waals surface area contributed by atoms with Crippen LogP contribution in [0.1, 0.15) is 35.5 Å². The van der Waals surface area contributed by atoms with Crippen LogP contribution in [0.2, 0.25) is 0 Å². The number of nitrogens with one attached hydrogen (secondary N) is 1. The van der Waals surface area contributed by atoms with Gasteiger partial charge in [-0.25, -0.2) is 0 Å². The summed E-state index contributed by atoms with van der Waals surface area (Å²) in [7, 11) is 0. The maximum atomic E-state index is 12.1. The van der Waals surface area contributed by atoms with E-state index >= 15 is 0 Å². The first kappa shape index (κ1) is 14.1. The zero-order valence-corrected chi connectivity index (χ0v) is 12.0. The van der Waals surface area contributed by atoms with E-state index in [1.807, 2.05) is 6.07 Å². The van der Waals surface area contributed by atoms with E-state index in [9.17, 15) is 9.59 Å². The maximum absolute atomic E-state index is 12.1. The van der Waals surface area contributed by atoms with Crippen molar-refractivity contribution in [2.24, 2.45) is 0 Å². The quantitative estimate of drug-likeness (QED) is 0.699. The topological polar surface area (TPSA) is 64.6 Å². The number of hydrogen-bond donors (Lipinski definition) is 1. The molecule has 3 rings (SSSR count). The molecule has 0 aliphatic carbocycles. The standard InChI is InChI=1S/C17H15NO4/c1-2-15(19)21-12-9-7-11(8-10-12)17-18-16(20)13-5-3-4-6-14(13)22-17/h3-10,17H,2H2,1H3,(H,18,20)/t17-/m0/s1. The highest BCUT2D eigenvalue weighted by atomic mass is 16.5. The molecule has 2 aromatic carbocycles. The summed E-state index contributed by atoms with van der Waals surface area (Å²) in [6.07, 6.45) is -0.237. The molecule has 1 aliphatic rings. The third-order valence-corrected chi connectivity index (χ3v) is 3.34. The van der Waals surface area contributed by atoms with Crippen LogP contribution in [0.5, 0.6) is 11.5 Å². The van der Waals surface area contributed by atoms with Crippen molar-refractivity contribution in [2.75, 3.05) is 0 Å². The zero-order valence-electron chi connectivity index (χ0n) is 12.0. The number of amides is 1. The van der Waals surface area contributed by atoms with Crippen molar-refractivity contribution in [2.45, 2.75) is 19.6 Å². The lowest BCUT2D eigenvalue weighted by Gasteiger charge is -2.27. The molecule has 2 aromatic rings. The van der Waals surface area contributed by atoms with E-state index in [2.05, 4.69) is 5.32 Å². The predicted octanol–water partition coefficient (Wildman–Crippen LogP) is 2.82. The normalized spacial score (nSPS) is 16.2. The van der Waals surface area contributed by atoms with E-state index in [1.54, 1.807) is 49.4 Å². The van der Waals surface area contributed by atoms with Gasteiger partial charge in [0.2, 0.25) is 0 Å². The van der Waals surface area contributed by atoms with Gasteiger partial charge in [-0.05, 0) is 36.4 Å². The molecule has 112 valence electrons. The summed E-state index contributed by atoms with van der Waals surface area (Å²) in [6.45, 7) is 1.74. The molecule has 22 heavy (non-hydrogen) atoms. The smallest absolute Gasteiger partial charge is 0.310 e. The summed E-state index contributed by atoms with van der Waals surface area (Å²) in [4.78, 5) is 23.3. The van der Waals surface area contributed by atoms with Gasteiger partial charge in [0.15, 0.2) is 6.23 Å². The second-order valence-electron chi connectivity index (χ2n) is 4.86. The van der Waals surface area contributed by atoms with Crippen LogP contribution in [-0.2, 0) is 4.79 Å². The summed E-state index contributed by atoms with van der Waals surface area (Å²) in [5, 5.41) is 2.79. The fourth-order valence-electron chi connectivity index (χ4n) is 2.18. The minimum absolute atomic E-state index is 0.173. The van der Waals surface area contributed by atoms with Crippen molar-refractivity contribution in [3.05, 3.63) is 59.7 Å². The van der Waals surface area contributed by atoms with Gasteiger partial charge in [0.1, 0.15) is 11.5 Å². The minimum Gasteiger partial charge on any atom is -0.466 e. The number of hydrogen-bond acceptors (Lipinski definition) is 4. The Morgan fingerprint density at radius 3 is 2.64 bits per heavy atom. The van der Waals surface area contributed by atoms with Crippen LogP contribution in [0.25, 0.3) is 0 Å². The molecule has 1 aliphatic heterocycles. The largest absolute Gasteiger partial charge is 0.466 e. The molecule has 0 radical (unpaired) electrons. The molecule has 1 N–H and O–H groups in total. The monoisotopic (exact) mass is 297 g/mol.